The molecule has 1 saturated carbocycles. The van der Waals surface area contributed by atoms with E-state index in [0.29, 0.717) is 0 Å². The molecule has 0 radical (unpaired) electrons. The van der Waals surface area contributed by atoms with Crippen molar-refractivity contribution in [1.82, 2.24) is 9.80 Å². The molecule has 2 fully saturated rings. The van der Waals surface area contributed by atoms with Crippen LogP contribution in [-0.4, -0.2) is 54.3 Å². The van der Waals surface area contributed by atoms with Gasteiger partial charge in [0.05, 0.1) is 0 Å². The lowest BCUT2D eigenvalue weighted by molar-refractivity contribution is 0.104. The predicted octanol–water partition coefficient (Wildman–Crippen LogP) is 2.03. The number of nitrogens with zero attached hydrogens (tertiary/aromatic N) is 2. The molecule has 0 atom stereocenters. The average Bonchev–Trinajstić information content (AvgIpc) is 2.83. The minimum Gasteiger partial charge on any atom is -0.298 e. The van der Waals surface area contributed by atoms with Gasteiger partial charge in [-0.25, -0.2) is 0 Å². The van der Waals surface area contributed by atoms with Gasteiger partial charge in [-0.1, -0.05) is 25.0 Å². The van der Waals surface area contributed by atoms with Gasteiger partial charge in [-0.15, -0.1) is 0 Å². The van der Waals surface area contributed by atoms with Crippen molar-refractivity contribution < 1.29 is 0 Å². The first-order chi connectivity index (χ1) is 7.79. The van der Waals surface area contributed by atoms with Gasteiger partial charge in [-0.2, -0.15) is 12.6 Å². The summed E-state index contributed by atoms with van der Waals surface area (Å²) in [6, 6.07) is 0.898. The molecule has 0 spiro atoms. The van der Waals surface area contributed by atoms with Gasteiger partial charge < -0.3 is 0 Å². The largest absolute Gasteiger partial charge is 0.298 e. The quantitative estimate of drug-likeness (QED) is 0.593. The molecule has 0 aromatic heterocycles. The summed E-state index contributed by atoms with van der Waals surface area (Å²) < 4.78 is 0. The standard InChI is InChI=1S/C13H24N2S/c1-12(11-16)10-14-6-8-15(9-7-14)13-4-2-3-5-13/h13,16H,1-11H2. The number of thiol groups is 1. The van der Waals surface area contributed by atoms with Gasteiger partial charge >= 0.3 is 0 Å². The maximum atomic E-state index is 4.27. The van der Waals surface area contributed by atoms with Gasteiger partial charge in [0.25, 0.3) is 0 Å². The molecule has 0 aromatic carbocycles. The van der Waals surface area contributed by atoms with Gasteiger partial charge in [0, 0.05) is 44.5 Å². The fraction of sp³-hybridized carbons (Fsp3) is 0.846. The second-order valence-corrected chi connectivity index (χ2v) is 5.47. The zero-order chi connectivity index (χ0) is 11.4. The molecule has 2 rings (SSSR count). The van der Waals surface area contributed by atoms with E-state index in [1.165, 1.54) is 57.4 Å². The van der Waals surface area contributed by atoms with Crippen LogP contribution in [0.5, 0.6) is 0 Å². The highest BCUT2D eigenvalue weighted by Gasteiger charge is 2.25. The number of hydrogen-bond donors (Lipinski definition) is 1. The third kappa shape index (κ3) is 3.25. The fourth-order valence-corrected chi connectivity index (χ4v) is 3.02. The summed E-state index contributed by atoms with van der Waals surface area (Å²) in [6.45, 7) is 10.0. The van der Waals surface area contributed by atoms with Gasteiger partial charge in [0.2, 0.25) is 0 Å². The highest BCUT2D eigenvalue weighted by molar-refractivity contribution is 7.80. The Morgan fingerprint density at radius 3 is 2.31 bits per heavy atom. The summed E-state index contributed by atoms with van der Waals surface area (Å²) in [5.74, 6) is 0.822. The van der Waals surface area contributed by atoms with Crippen molar-refractivity contribution in [1.29, 1.82) is 0 Å². The Bertz CT molecular complexity index is 228. The summed E-state index contributed by atoms with van der Waals surface area (Å²) in [4.78, 5) is 5.22. The first-order valence-corrected chi connectivity index (χ1v) is 7.17. The van der Waals surface area contributed by atoms with Crippen molar-refractivity contribution in [3.63, 3.8) is 0 Å². The Morgan fingerprint density at radius 2 is 1.75 bits per heavy atom. The van der Waals surface area contributed by atoms with E-state index in [1.54, 1.807) is 0 Å². The molecule has 1 saturated heterocycles. The molecule has 0 amide bonds. The van der Waals surface area contributed by atoms with Crippen LogP contribution in [0, 0.1) is 0 Å². The molecule has 0 unspecified atom stereocenters. The van der Waals surface area contributed by atoms with Crippen LogP contribution in [0.3, 0.4) is 0 Å². The summed E-state index contributed by atoms with van der Waals surface area (Å²) >= 11 is 4.27. The summed E-state index contributed by atoms with van der Waals surface area (Å²) in [5.41, 5.74) is 1.25. The van der Waals surface area contributed by atoms with E-state index in [1.807, 2.05) is 0 Å². The van der Waals surface area contributed by atoms with Gasteiger partial charge in [-0.3, -0.25) is 9.80 Å². The maximum Gasteiger partial charge on any atom is 0.0199 e. The smallest absolute Gasteiger partial charge is 0.0199 e. The van der Waals surface area contributed by atoms with Crippen LogP contribution in [0.4, 0.5) is 0 Å². The third-order valence-electron chi connectivity index (χ3n) is 3.92. The SMILES string of the molecule is C=C(CS)CN1CCN(C2CCCC2)CC1. The van der Waals surface area contributed by atoms with Crippen LogP contribution < -0.4 is 0 Å². The number of hydrogen-bond acceptors (Lipinski definition) is 3. The second kappa shape index (κ2) is 6.08. The first-order valence-electron chi connectivity index (χ1n) is 6.53. The molecule has 0 bridgehead atoms. The predicted molar refractivity (Wildman–Crippen MR) is 73.3 cm³/mol. The van der Waals surface area contributed by atoms with Gasteiger partial charge in [-0.05, 0) is 12.8 Å². The van der Waals surface area contributed by atoms with E-state index in [2.05, 4.69) is 29.0 Å². The van der Waals surface area contributed by atoms with Crippen LogP contribution in [-0.2, 0) is 0 Å². The molecular formula is C13H24N2S. The van der Waals surface area contributed by atoms with Crippen molar-refractivity contribution in [3.8, 4) is 0 Å². The lowest BCUT2D eigenvalue weighted by atomic mass is 10.1. The van der Waals surface area contributed by atoms with Crippen LogP contribution in [0.1, 0.15) is 25.7 Å². The van der Waals surface area contributed by atoms with Crippen LogP contribution in [0.15, 0.2) is 12.2 Å². The molecule has 0 N–H and O–H groups in total. The van der Waals surface area contributed by atoms with Crippen molar-refractivity contribution in [2.75, 3.05) is 38.5 Å². The normalized spacial score (nSPS) is 25.1. The van der Waals surface area contributed by atoms with E-state index < -0.39 is 0 Å². The molecular weight excluding hydrogens is 216 g/mol. The van der Waals surface area contributed by atoms with Gasteiger partial charge in [0.1, 0.15) is 0 Å². The van der Waals surface area contributed by atoms with Crippen LogP contribution in [0.2, 0.25) is 0 Å². The second-order valence-electron chi connectivity index (χ2n) is 5.16. The highest BCUT2D eigenvalue weighted by atomic mass is 32.1. The number of rotatable bonds is 4. The first kappa shape index (κ1) is 12.5. The monoisotopic (exact) mass is 240 g/mol. The van der Waals surface area contributed by atoms with E-state index in [4.69, 9.17) is 0 Å². The summed E-state index contributed by atoms with van der Waals surface area (Å²) in [5, 5.41) is 0. The zero-order valence-electron chi connectivity index (χ0n) is 10.2. The molecule has 1 aliphatic heterocycles. The van der Waals surface area contributed by atoms with Crippen molar-refractivity contribution in [2.45, 2.75) is 31.7 Å². The third-order valence-corrected chi connectivity index (χ3v) is 4.37. The van der Waals surface area contributed by atoms with Gasteiger partial charge in [0.15, 0.2) is 0 Å². The summed E-state index contributed by atoms with van der Waals surface area (Å²) in [6.07, 6.45) is 5.76. The molecule has 2 aliphatic rings. The van der Waals surface area contributed by atoms with Crippen molar-refractivity contribution in [2.24, 2.45) is 0 Å². The highest BCUT2D eigenvalue weighted by Crippen LogP contribution is 2.24. The summed E-state index contributed by atoms with van der Waals surface area (Å²) in [7, 11) is 0. The van der Waals surface area contributed by atoms with Crippen molar-refractivity contribution in [3.05, 3.63) is 12.2 Å². The lowest BCUT2D eigenvalue weighted by Gasteiger charge is -2.38. The molecule has 16 heavy (non-hydrogen) atoms. The Balaban J connectivity index is 1.71. The molecule has 2 nitrogen and oxygen atoms in total. The molecule has 0 aromatic rings. The molecule has 92 valence electrons. The van der Waals surface area contributed by atoms with Crippen LogP contribution >= 0.6 is 12.6 Å². The van der Waals surface area contributed by atoms with E-state index in [0.717, 1.165) is 18.3 Å². The molecule has 1 heterocycles. The molecule has 3 heteroatoms. The zero-order valence-corrected chi connectivity index (χ0v) is 11.1. The maximum absolute atomic E-state index is 4.27. The minimum atomic E-state index is 0.822. The Morgan fingerprint density at radius 1 is 1.12 bits per heavy atom. The Labute approximate surface area is 105 Å². The fourth-order valence-electron chi connectivity index (χ4n) is 2.92. The van der Waals surface area contributed by atoms with Crippen LogP contribution in [0.25, 0.3) is 0 Å². The Kier molecular flexibility index (Phi) is 4.74. The average molecular weight is 240 g/mol. The number of piperazine rings is 1. The topological polar surface area (TPSA) is 6.48 Å². The molecule has 1 aliphatic carbocycles. The minimum absolute atomic E-state index is 0.822. The van der Waals surface area contributed by atoms with E-state index >= 15 is 0 Å². The van der Waals surface area contributed by atoms with E-state index in [9.17, 15) is 0 Å². The van der Waals surface area contributed by atoms with Crippen molar-refractivity contribution >= 4 is 12.6 Å². The van der Waals surface area contributed by atoms with E-state index in [-0.39, 0.29) is 0 Å². The lowest BCUT2D eigenvalue weighted by Crippen LogP contribution is -2.50. The Hall–Kier alpha value is 0.01000.